The molecule has 0 aliphatic rings. The van der Waals surface area contributed by atoms with E-state index in [9.17, 15) is 9.18 Å². The number of halogens is 3. The summed E-state index contributed by atoms with van der Waals surface area (Å²) in [5.41, 5.74) is -0.0698. The molecule has 0 saturated heterocycles. The van der Waals surface area contributed by atoms with E-state index in [1.807, 2.05) is 0 Å². The van der Waals surface area contributed by atoms with Crippen LogP contribution < -0.4 is 5.32 Å². The van der Waals surface area contributed by atoms with Gasteiger partial charge in [-0.3, -0.25) is 4.79 Å². The van der Waals surface area contributed by atoms with Crippen LogP contribution in [0.3, 0.4) is 0 Å². The Labute approximate surface area is 120 Å². The van der Waals surface area contributed by atoms with Gasteiger partial charge in [0.05, 0.1) is 10.6 Å². The SMILES string of the molecule is O=C(NCCCCCCBr)c1c(F)cccc1Cl. The minimum absolute atomic E-state index is 0.0698. The van der Waals surface area contributed by atoms with Crippen molar-refractivity contribution in [1.82, 2.24) is 5.32 Å². The largest absolute Gasteiger partial charge is 0.352 e. The minimum Gasteiger partial charge on any atom is -0.352 e. The molecule has 0 spiro atoms. The number of unbranched alkanes of at least 4 members (excludes halogenated alkanes) is 3. The van der Waals surface area contributed by atoms with Gasteiger partial charge in [0, 0.05) is 11.9 Å². The van der Waals surface area contributed by atoms with E-state index in [2.05, 4.69) is 21.2 Å². The standard InChI is InChI=1S/C13H16BrClFNO/c14-8-3-1-2-4-9-17-13(18)12-10(15)6-5-7-11(12)16/h5-7H,1-4,8-9H2,(H,17,18). The van der Waals surface area contributed by atoms with Crippen molar-refractivity contribution in [3.63, 3.8) is 0 Å². The third kappa shape index (κ3) is 4.94. The first kappa shape index (κ1) is 15.4. The number of hydrogen-bond donors (Lipinski definition) is 1. The second-order valence-electron chi connectivity index (χ2n) is 3.96. The lowest BCUT2D eigenvalue weighted by Crippen LogP contribution is -2.25. The van der Waals surface area contributed by atoms with Crippen LogP contribution in [0.1, 0.15) is 36.0 Å². The molecule has 2 nitrogen and oxygen atoms in total. The summed E-state index contributed by atoms with van der Waals surface area (Å²) in [4.78, 5) is 11.7. The van der Waals surface area contributed by atoms with Crippen LogP contribution in [0.15, 0.2) is 18.2 Å². The maximum atomic E-state index is 13.4. The molecule has 0 atom stereocenters. The quantitative estimate of drug-likeness (QED) is 0.588. The Kier molecular flexibility index (Phi) is 7.28. The Hall–Kier alpha value is -0.610. The fourth-order valence-electron chi connectivity index (χ4n) is 1.58. The fourth-order valence-corrected chi connectivity index (χ4v) is 2.22. The van der Waals surface area contributed by atoms with Crippen molar-refractivity contribution < 1.29 is 9.18 Å². The summed E-state index contributed by atoms with van der Waals surface area (Å²) in [7, 11) is 0. The fraction of sp³-hybridized carbons (Fsp3) is 0.462. The lowest BCUT2D eigenvalue weighted by molar-refractivity contribution is 0.0949. The second-order valence-corrected chi connectivity index (χ2v) is 5.16. The van der Waals surface area contributed by atoms with Crippen molar-refractivity contribution in [2.45, 2.75) is 25.7 Å². The Balaban J connectivity index is 2.37. The van der Waals surface area contributed by atoms with Crippen molar-refractivity contribution in [3.05, 3.63) is 34.6 Å². The predicted molar refractivity (Wildman–Crippen MR) is 76.0 cm³/mol. The molecule has 0 fully saturated rings. The van der Waals surface area contributed by atoms with Gasteiger partial charge in [-0.1, -0.05) is 46.4 Å². The van der Waals surface area contributed by atoms with Gasteiger partial charge < -0.3 is 5.32 Å². The van der Waals surface area contributed by atoms with Crippen LogP contribution in [-0.2, 0) is 0 Å². The molecule has 1 rings (SSSR count). The Bertz CT molecular complexity index is 380. The van der Waals surface area contributed by atoms with Crippen molar-refractivity contribution in [3.8, 4) is 0 Å². The van der Waals surface area contributed by atoms with E-state index in [0.29, 0.717) is 6.54 Å². The van der Waals surface area contributed by atoms with Crippen LogP contribution in [0.5, 0.6) is 0 Å². The van der Waals surface area contributed by atoms with Gasteiger partial charge in [-0.2, -0.15) is 0 Å². The number of amides is 1. The smallest absolute Gasteiger partial charge is 0.255 e. The molecule has 1 N–H and O–H groups in total. The lowest BCUT2D eigenvalue weighted by Gasteiger charge is -2.07. The molecule has 0 saturated carbocycles. The number of benzene rings is 1. The maximum absolute atomic E-state index is 13.4. The highest BCUT2D eigenvalue weighted by atomic mass is 79.9. The molecule has 0 unspecified atom stereocenters. The summed E-state index contributed by atoms with van der Waals surface area (Å²) >= 11 is 9.16. The van der Waals surface area contributed by atoms with Gasteiger partial charge in [0.1, 0.15) is 5.82 Å². The van der Waals surface area contributed by atoms with E-state index >= 15 is 0 Å². The topological polar surface area (TPSA) is 29.1 Å². The van der Waals surface area contributed by atoms with Crippen LogP contribution in [0, 0.1) is 5.82 Å². The van der Waals surface area contributed by atoms with Gasteiger partial charge in [-0.25, -0.2) is 4.39 Å². The van der Waals surface area contributed by atoms with E-state index in [4.69, 9.17) is 11.6 Å². The van der Waals surface area contributed by atoms with E-state index in [1.54, 1.807) is 0 Å². The van der Waals surface area contributed by atoms with Gasteiger partial charge in [-0.05, 0) is 25.0 Å². The minimum atomic E-state index is -0.584. The molecule has 1 amide bonds. The van der Waals surface area contributed by atoms with E-state index < -0.39 is 11.7 Å². The average molecular weight is 337 g/mol. The van der Waals surface area contributed by atoms with Gasteiger partial charge in [0.25, 0.3) is 5.91 Å². The maximum Gasteiger partial charge on any atom is 0.255 e. The molecule has 0 heterocycles. The number of rotatable bonds is 7. The molecular weight excluding hydrogens is 321 g/mol. The molecule has 0 aliphatic carbocycles. The lowest BCUT2D eigenvalue weighted by atomic mass is 10.2. The molecule has 18 heavy (non-hydrogen) atoms. The highest BCUT2D eigenvalue weighted by Crippen LogP contribution is 2.18. The van der Waals surface area contributed by atoms with Gasteiger partial charge in [-0.15, -0.1) is 0 Å². The summed E-state index contributed by atoms with van der Waals surface area (Å²) in [5.74, 6) is -1.03. The number of nitrogens with one attached hydrogen (secondary N) is 1. The van der Waals surface area contributed by atoms with Crippen LogP contribution in [0.4, 0.5) is 4.39 Å². The predicted octanol–water partition coefficient (Wildman–Crippen LogP) is 4.16. The van der Waals surface area contributed by atoms with Crippen molar-refractivity contribution in [1.29, 1.82) is 0 Å². The zero-order chi connectivity index (χ0) is 13.4. The number of carbonyl (C=O) groups excluding carboxylic acids is 1. The third-order valence-electron chi connectivity index (χ3n) is 2.54. The number of hydrogen-bond acceptors (Lipinski definition) is 1. The average Bonchev–Trinajstić information content (AvgIpc) is 2.33. The molecule has 0 aliphatic heterocycles. The summed E-state index contributed by atoms with van der Waals surface area (Å²) in [6.07, 6.45) is 4.20. The summed E-state index contributed by atoms with van der Waals surface area (Å²) in [5, 5.41) is 3.83. The zero-order valence-electron chi connectivity index (χ0n) is 10.0. The molecule has 100 valence electrons. The first-order chi connectivity index (χ1) is 8.66. The number of carbonyl (C=O) groups is 1. The monoisotopic (exact) mass is 335 g/mol. The van der Waals surface area contributed by atoms with Crippen molar-refractivity contribution >= 4 is 33.4 Å². The highest BCUT2D eigenvalue weighted by Gasteiger charge is 2.14. The number of alkyl halides is 1. The van der Waals surface area contributed by atoms with Crippen LogP contribution >= 0.6 is 27.5 Å². The van der Waals surface area contributed by atoms with Crippen LogP contribution in [0.2, 0.25) is 5.02 Å². The molecule has 1 aromatic carbocycles. The summed E-state index contributed by atoms with van der Waals surface area (Å²) < 4.78 is 13.4. The normalized spacial score (nSPS) is 10.4. The molecule has 1 aromatic rings. The Morgan fingerprint density at radius 2 is 2.00 bits per heavy atom. The van der Waals surface area contributed by atoms with Gasteiger partial charge >= 0.3 is 0 Å². The van der Waals surface area contributed by atoms with Crippen LogP contribution in [-0.4, -0.2) is 17.8 Å². The molecule has 5 heteroatoms. The summed E-state index contributed by atoms with van der Waals surface area (Å²) in [6, 6.07) is 4.22. The van der Waals surface area contributed by atoms with Crippen LogP contribution in [0.25, 0.3) is 0 Å². The zero-order valence-corrected chi connectivity index (χ0v) is 12.4. The molecule has 0 radical (unpaired) electrons. The molecular formula is C13H16BrClFNO. The van der Waals surface area contributed by atoms with E-state index in [0.717, 1.165) is 31.0 Å². The highest BCUT2D eigenvalue weighted by molar-refractivity contribution is 9.09. The Morgan fingerprint density at radius 3 is 2.67 bits per heavy atom. The molecule has 0 aromatic heterocycles. The Morgan fingerprint density at radius 1 is 1.28 bits per heavy atom. The van der Waals surface area contributed by atoms with Crippen molar-refractivity contribution in [2.24, 2.45) is 0 Å². The van der Waals surface area contributed by atoms with E-state index in [-0.39, 0.29) is 10.6 Å². The first-order valence-electron chi connectivity index (χ1n) is 5.95. The second kappa shape index (κ2) is 8.48. The summed E-state index contributed by atoms with van der Waals surface area (Å²) in [6.45, 7) is 0.547. The van der Waals surface area contributed by atoms with Gasteiger partial charge in [0.2, 0.25) is 0 Å². The van der Waals surface area contributed by atoms with Crippen molar-refractivity contribution in [2.75, 3.05) is 11.9 Å². The van der Waals surface area contributed by atoms with E-state index in [1.165, 1.54) is 18.2 Å². The first-order valence-corrected chi connectivity index (χ1v) is 7.45. The molecule has 0 bridgehead atoms. The third-order valence-corrected chi connectivity index (χ3v) is 3.41. The van der Waals surface area contributed by atoms with Gasteiger partial charge in [0.15, 0.2) is 0 Å².